The fraction of sp³-hybridized carbons (Fsp3) is 0.357. The highest BCUT2D eigenvalue weighted by Crippen LogP contribution is 2.41. The maximum absolute atomic E-state index is 12.1. The van der Waals surface area contributed by atoms with E-state index >= 15 is 0 Å². The van der Waals surface area contributed by atoms with Crippen LogP contribution in [-0.4, -0.2) is 32.0 Å². The molecule has 0 unspecified atom stereocenters. The summed E-state index contributed by atoms with van der Waals surface area (Å²) in [5.74, 6) is 0.219. The SMILES string of the molecule is CC1(C)Oc2c(c(=O)[nH]c3ccc(O)cc23)[C@@H](O)[C@@H]1O. The summed E-state index contributed by atoms with van der Waals surface area (Å²) < 4.78 is 5.71. The Morgan fingerprint density at radius 1 is 1.30 bits per heavy atom. The minimum atomic E-state index is -1.34. The maximum Gasteiger partial charge on any atom is 0.258 e. The van der Waals surface area contributed by atoms with Crippen molar-refractivity contribution in [3.8, 4) is 11.5 Å². The lowest BCUT2D eigenvalue weighted by Crippen LogP contribution is -2.50. The van der Waals surface area contributed by atoms with Crippen LogP contribution in [0.4, 0.5) is 0 Å². The second-order valence-electron chi connectivity index (χ2n) is 5.52. The topological polar surface area (TPSA) is 103 Å². The summed E-state index contributed by atoms with van der Waals surface area (Å²) >= 11 is 0. The van der Waals surface area contributed by atoms with Crippen LogP contribution in [0.25, 0.3) is 10.9 Å². The lowest BCUT2D eigenvalue weighted by atomic mass is 9.88. The molecule has 0 saturated heterocycles. The lowest BCUT2D eigenvalue weighted by molar-refractivity contribution is -0.111. The van der Waals surface area contributed by atoms with Gasteiger partial charge in [0.2, 0.25) is 0 Å². The summed E-state index contributed by atoms with van der Waals surface area (Å²) in [4.78, 5) is 14.7. The summed E-state index contributed by atoms with van der Waals surface area (Å²) in [6.07, 6.45) is -2.56. The average molecular weight is 277 g/mol. The quantitative estimate of drug-likeness (QED) is 0.570. The van der Waals surface area contributed by atoms with Crippen molar-refractivity contribution in [2.24, 2.45) is 0 Å². The highest BCUT2D eigenvalue weighted by atomic mass is 16.5. The van der Waals surface area contributed by atoms with Crippen molar-refractivity contribution in [1.29, 1.82) is 0 Å². The van der Waals surface area contributed by atoms with Gasteiger partial charge >= 0.3 is 0 Å². The molecule has 0 fully saturated rings. The average Bonchev–Trinajstić information content (AvgIpc) is 2.36. The zero-order valence-corrected chi connectivity index (χ0v) is 11.0. The van der Waals surface area contributed by atoms with Crippen LogP contribution in [0.15, 0.2) is 23.0 Å². The first kappa shape index (κ1) is 13.0. The number of aromatic amines is 1. The summed E-state index contributed by atoms with van der Waals surface area (Å²) in [6, 6.07) is 4.45. The summed E-state index contributed by atoms with van der Waals surface area (Å²) in [7, 11) is 0. The van der Waals surface area contributed by atoms with E-state index in [0.717, 1.165) is 0 Å². The number of aliphatic hydroxyl groups excluding tert-OH is 2. The number of nitrogens with one attached hydrogen (secondary N) is 1. The Morgan fingerprint density at radius 2 is 2.00 bits per heavy atom. The Morgan fingerprint density at radius 3 is 2.70 bits per heavy atom. The predicted molar refractivity (Wildman–Crippen MR) is 71.9 cm³/mol. The number of phenols is 1. The number of hydrogen-bond acceptors (Lipinski definition) is 5. The molecule has 2 aromatic rings. The number of aromatic nitrogens is 1. The number of aliphatic hydroxyl groups is 2. The van der Waals surface area contributed by atoms with Crippen molar-refractivity contribution in [2.45, 2.75) is 31.7 Å². The molecule has 1 aromatic carbocycles. The number of phenolic OH excluding ortho intramolecular Hbond substituents is 1. The lowest BCUT2D eigenvalue weighted by Gasteiger charge is -2.39. The predicted octanol–water partition coefficient (Wildman–Crippen LogP) is 0.799. The molecule has 1 aliphatic rings. The molecular formula is C14H15NO5. The molecule has 0 radical (unpaired) electrons. The molecule has 6 heteroatoms. The third-order valence-corrected chi connectivity index (χ3v) is 3.66. The van der Waals surface area contributed by atoms with Gasteiger partial charge in [-0.05, 0) is 32.0 Å². The van der Waals surface area contributed by atoms with E-state index in [2.05, 4.69) is 4.98 Å². The molecule has 0 amide bonds. The molecule has 3 rings (SSSR count). The number of hydrogen-bond donors (Lipinski definition) is 4. The maximum atomic E-state index is 12.1. The monoisotopic (exact) mass is 277 g/mol. The number of aromatic hydroxyl groups is 1. The van der Waals surface area contributed by atoms with Crippen molar-refractivity contribution in [3.05, 3.63) is 34.1 Å². The number of H-pyrrole nitrogens is 1. The number of fused-ring (bicyclic) bond motifs is 3. The van der Waals surface area contributed by atoms with Crippen molar-refractivity contribution < 1.29 is 20.1 Å². The van der Waals surface area contributed by atoms with Gasteiger partial charge in [-0.15, -0.1) is 0 Å². The number of ether oxygens (including phenoxy) is 1. The zero-order valence-electron chi connectivity index (χ0n) is 11.0. The van der Waals surface area contributed by atoms with Gasteiger partial charge in [0.25, 0.3) is 5.56 Å². The van der Waals surface area contributed by atoms with Crippen LogP contribution in [0.3, 0.4) is 0 Å². The number of pyridine rings is 1. The molecule has 0 saturated carbocycles. The van der Waals surface area contributed by atoms with Gasteiger partial charge in [0.05, 0.1) is 11.1 Å². The molecule has 1 aromatic heterocycles. The van der Waals surface area contributed by atoms with Gasteiger partial charge in [0, 0.05) is 5.39 Å². The van der Waals surface area contributed by atoms with Crippen LogP contribution in [0.2, 0.25) is 0 Å². The molecule has 0 bridgehead atoms. The molecule has 4 N–H and O–H groups in total. The second-order valence-corrected chi connectivity index (χ2v) is 5.52. The van der Waals surface area contributed by atoms with E-state index in [1.54, 1.807) is 19.9 Å². The van der Waals surface area contributed by atoms with E-state index in [-0.39, 0.29) is 17.1 Å². The van der Waals surface area contributed by atoms with Crippen molar-refractivity contribution in [2.75, 3.05) is 0 Å². The van der Waals surface area contributed by atoms with E-state index in [1.807, 2.05) is 0 Å². The zero-order chi connectivity index (χ0) is 14.7. The summed E-state index contributed by atoms with van der Waals surface area (Å²) in [5.41, 5.74) is -1.08. The van der Waals surface area contributed by atoms with Crippen molar-refractivity contribution in [1.82, 2.24) is 4.98 Å². The van der Waals surface area contributed by atoms with E-state index < -0.39 is 23.4 Å². The first-order chi connectivity index (χ1) is 9.31. The van der Waals surface area contributed by atoms with Crippen LogP contribution in [-0.2, 0) is 0 Å². The van der Waals surface area contributed by atoms with Gasteiger partial charge in [-0.2, -0.15) is 0 Å². The second kappa shape index (κ2) is 3.97. The van der Waals surface area contributed by atoms with Gasteiger partial charge in [0.1, 0.15) is 29.3 Å². The minimum Gasteiger partial charge on any atom is -0.508 e. The van der Waals surface area contributed by atoms with E-state index in [1.165, 1.54) is 12.1 Å². The number of rotatable bonds is 0. The molecule has 2 atom stereocenters. The fourth-order valence-electron chi connectivity index (χ4n) is 2.51. The highest BCUT2D eigenvalue weighted by molar-refractivity contribution is 5.87. The fourth-order valence-corrected chi connectivity index (χ4v) is 2.51. The van der Waals surface area contributed by atoms with E-state index in [4.69, 9.17) is 4.74 Å². The molecule has 1 aliphatic heterocycles. The molecule has 106 valence electrons. The summed E-state index contributed by atoms with van der Waals surface area (Å²) in [5, 5.41) is 30.3. The van der Waals surface area contributed by atoms with Gasteiger partial charge in [0.15, 0.2) is 0 Å². The van der Waals surface area contributed by atoms with Gasteiger partial charge < -0.3 is 25.0 Å². The van der Waals surface area contributed by atoms with E-state index in [0.29, 0.717) is 10.9 Å². The number of benzene rings is 1. The Bertz CT molecular complexity index is 749. The third-order valence-electron chi connectivity index (χ3n) is 3.66. The van der Waals surface area contributed by atoms with Gasteiger partial charge in [-0.25, -0.2) is 0 Å². The molecule has 0 aliphatic carbocycles. The van der Waals surface area contributed by atoms with Crippen LogP contribution >= 0.6 is 0 Å². The Hall–Kier alpha value is -2.05. The minimum absolute atomic E-state index is 0.0186. The highest BCUT2D eigenvalue weighted by Gasteiger charge is 2.44. The van der Waals surface area contributed by atoms with Crippen LogP contribution in [0, 0.1) is 0 Å². The van der Waals surface area contributed by atoms with E-state index in [9.17, 15) is 20.1 Å². The van der Waals surface area contributed by atoms with Crippen LogP contribution in [0.1, 0.15) is 25.5 Å². The van der Waals surface area contributed by atoms with Crippen LogP contribution < -0.4 is 10.3 Å². The standard InChI is InChI=1S/C14H15NO5/c1-14(2)12(18)10(17)9-11(20-14)7-5-6(16)3-4-8(7)15-13(9)19/h3-5,10,12,16-18H,1-2H3,(H,15,19)/t10-,12+/m1/s1. The Kier molecular flexibility index (Phi) is 2.57. The van der Waals surface area contributed by atoms with Gasteiger partial charge in [-0.1, -0.05) is 0 Å². The first-order valence-corrected chi connectivity index (χ1v) is 6.25. The largest absolute Gasteiger partial charge is 0.508 e. The molecule has 0 spiro atoms. The summed E-state index contributed by atoms with van der Waals surface area (Å²) in [6.45, 7) is 3.25. The normalized spacial score (nSPS) is 24.2. The molecule has 6 nitrogen and oxygen atoms in total. The van der Waals surface area contributed by atoms with Crippen molar-refractivity contribution in [3.63, 3.8) is 0 Å². The Labute approximate surface area is 114 Å². The molecule has 20 heavy (non-hydrogen) atoms. The van der Waals surface area contributed by atoms with Crippen LogP contribution in [0.5, 0.6) is 11.5 Å². The molecular weight excluding hydrogens is 262 g/mol. The Balaban J connectivity index is 2.40. The van der Waals surface area contributed by atoms with Gasteiger partial charge in [-0.3, -0.25) is 4.79 Å². The molecule has 2 heterocycles. The smallest absolute Gasteiger partial charge is 0.258 e. The van der Waals surface area contributed by atoms with Crippen molar-refractivity contribution >= 4 is 10.9 Å². The first-order valence-electron chi connectivity index (χ1n) is 6.25. The third kappa shape index (κ3) is 1.69.